The molecule has 0 aliphatic carbocycles. The maximum Gasteiger partial charge on any atom is 0.311 e. The number of nitrogens with zero attached hydrogens (tertiary/aromatic N) is 2. The van der Waals surface area contributed by atoms with Gasteiger partial charge in [-0.25, -0.2) is 5.43 Å². The molecule has 130 valence electrons. The van der Waals surface area contributed by atoms with Crippen molar-refractivity contribution in [1.82, 2.24) is 5.43 Å². The Morgan fingerprint density at radius 2 is 2.16 bits per heavy atom. The highest BCUT2D eigenvalue weighted by Gasteiger charge is 2.16. The van der Waals surface area contributed by atoms with Crippen LogP contribution in [-0.4, -0.2) is 28.8 Å². The molecule has 0 fully saturated rings. The molecule has 1 amide bonds. The average molecular weight is 408 g/mol. The largest absolute Gasteiger partial charge is 0.507 e. The summed E-state index contributed by atoms with van der Waals surface area (Å²) >= 11 is 3.26. The molecule has 2 rings (SSSR count). The summed E-state index contributed by atoms with van der Waals surface area (Å²) in [6.07, 6.45) is 1.27. The number of amides is 1. The van der Waals surface area contributed by atoms with E-state index >= 15 is 0 Å². The van der Waals surface area contributed by atoms with Gasteiger partial charge in [-0.1, -0.05) is 22.0 Å². The van der Waals surface area contributed by atoms with Crippen molar-refractivity contribution >= 4 is 33.7 Å². The highest BCUT2D eigenvalue weighted by molar-refractivity contribution is 9.10. The third-order valence-electron chi connectivity index (χ3n) is 3.05. The minimum atomic E-state index is -0.597. The van der Waals surface area contributed by atoms with Gasteiger partial charge in [0.1, 0.15) is 5.75 Å². The third-order valence-corrected chi connectivity index (χ3v) is 3.55. The van der Waals surface area contributed by atoms with Crippen LogP contribution in [0.4, 0.5) is 5.69 Å². The Morgan fingerprint density at radius 3 is 2.88 bits per heavy atom. The van der Waals surface area contributed by atoms with Crippen LogP contribution in [0, 0.1) is 17.0 Å². The molecule has 8 nitrogen and oxygen atoms in total. The molecule has 0 aliphatic heterocycles. The second-order valence-corrected chi connectivity index (χ2v) is 5.93. The number of hydrogen-bond acceptors (Lipinski definition) is 6. The van der Waals surface area contributed by atoms with Crippen molar-refractivity contribution in [2.75, 3.05) is 6.61 Å². The standard InChI is InChI=1S/C16H14BrN3O5/c1-10-2-5-15(13(6-10)20(23)24)25-9-16(22)19-18-8-11-7-12(17)3-4-14(11)21/h2-8,21H,9H2,1H3,(H,19,22)/b18-8-. The van der Waals surface area contributed by atoms with E-state index in [1.807, 2.05) is 0 Å². The van der Waals surface area contributed by atoms with E-state index in [1.165, 1.54) is 24.4 Å². The minimum absolute atomic E-state index is 0.000589. The van der Waals surface area contributed by atoms with Crippen LogP contribution in [0.1, 0.15) is 11.1 Å². The quantitative estimate of drug-likeness (QED) is 0.434. The lowest BCUT2D eigenvalue weighted by Gasteiger charge is -2.06. The number of ether oxygens (including phenoxy) is 1. The summed E-state index contributed by atoms with van der Waals surface area (Å²) in [6.45, 7) is 1.28. The van der Waals surface area contributed by atoms with E-state index in [1.54, 1.807) is 25.1 Å². The van der Waals surface area contributed by atoms with Crippen molar-refractivity contribution in [1.29, 1.82) is 0 Å². The molecule has 0 bridgehead atoms. The van der Waals surface area contributed by atoms with Crippen molar-refractivity contribution in [2.45, 2.75) is 6.92 Å². The molecule has 9 heteroatoms. The van der Waals surface area contributed by atoms with E-state index < -0.39 is 17.4 Å². The van der Waals surface area contributed by atoms with Gasteiger partial charge in [-0.2, -0.15) is 5.10 Å². The van der Waals surface area contributed by atoms with Crippen LogP contribution in [0.3, 0.4) is 0 Å². The topological polar surface area (TPSA) is 114 Å². The summed E-state index contributed by atoms with van der Waals surface area (Å²) in [5.74, 6) is -0.590. The van der Waals surface area contributed by atoms with E-state index in [0.29, 0.717) is 11.1 Å². The fourth-order valence-electron chi connectivity index (χ4n) is 1.87. The molecule has 0 spiro atoms. The number of aryl methyl sites for hydroxylation is 1. The van der Waals surface area contributed by atoms with Crippen molar-refractivity contribution in [3.8, 4) is 11.5 Å². The van der Waals surface area contributed by atoms with Crippen molar-refractivity contribution in [3.63, 3.8) is 0 Å². The first-order valence-corrected chi connectivity index (χ1v) is 7.84. The number of nitrogens with one attached hydrogen (secondary N) is 1. The van der Waals surface area contributed by atoms with Crippen LogP contribution in [0.2, 0.25) is 0 Å². The molecule has 0 unspecified atom stereocenters. The number of benzene rings is 2. The molecular weight excluding hydrogens is 394 g/mol. The smallest absolute Gasteiger partial charge is 0.311 e. The second kappa shape index (κ2) is 8.25. The van der Waals surface area contributed by atoms with Gasteiger partial charge < -0.3 is 9.84 Å². The zero-order valence-corrected chi connectivity index (χ0v) is 14.7. The lowest BCUT2D eigenvalue weighted by Crippen LogP contribution is -2.24. The lowest BCUT2D eigenvalue weighted by molar-refractivity contribution is -0.385. The Bertz CT molecular complexity index is 839. The maximum absolute atomic E-state index is 11.7. The van der Waals surface area contributed by atoms with Crippen LogP contribution in [0.25, 0.3) is 0 Å². The third kappa shape index (κ3) is 5.28. The molecule has 0 aliphatic rings. The lowest BCUT2D eigenvalue weighted by atomic mass is 10.2. The van der Waals surface area contributed by atoms with Crippen LogP contribution in [0.15, 0.2) is 46.0 Å². The Hall–Kier alpha value is -2.94. The van der Waals surface area contributed by atoms with Gasteiger partial charge in [-0.05, 0) is 36.8 Å². The molecule has 0 aromatic heterocycles. The predicted molar refractivity (Wildman–Crippen MR) is 94.9 cm³/mol. The Kier molecular flexibility index (Phi) is 6.07. The van der Waals surface area contributed by atoms with Gasteiger partial charge in [0.15, 0.2) is 12.4 Å². The Labute approximate surface area is 151 Å². The van der Waals surface area contributed by atoms with Crippen molar-refractivity contribution < 1.29 is 19.6 Å². The highest BCUT2D eigenvalue weighted by atomic mass is 79.9. The molecule has 0 saturated heterocycles. The second-order valence-electron chi connectivity index (χ2n) is 5.01. The number of hydrazone groups is 1. The summed E-state index contributed by atoms with van der Waals surface area (Å²) in [7, 11) is 0. The summed E-state index contributed by atoms with van der Waals surface area (Å²) in [6, 6.07) is 9.21. The van der Waals surface area contributed by atoms with Crippen molar-refractivity contribution in [2.24, 2.45) is 5.10 Å². The summed E-state index contributed by atoms with van der Waals surface area (Å²) in [5.41, 5.74) is 3.12. The number of phenolic OH excluding ortho intramolecular Hbond substituents is 1. The minimum Gasteiger partial charge on any atom is -0.507 e. The normalized spacial score (nSPS) is 10.6. The summed E-state index contributed by atoms with van der Waals surface area (Å²) in [4.78, 5) is 22.1. The number of halogens is 1. The first kappa shape index (κ1) is 18.4. The Balaban J connectivity index is 1.94. The molecule has 0 saturated carbocycles. The van der Waals surface area contributed by atoms with E-state index in [-0.39, 0.29) is 17.2 Å². The number of nitro groups is 1. The molecule has 2 N–H and O–H groups in total. The van der Waals surface area contributed by atoms with E-state index in [4.69, 9.17) is 4.74 Å². The number of carbonyl (C=O) groups excluding carboxylic acids is 1. The fourth-order valence-corrected chi connectivity index (χ4v) is 2.25. The van der Waals surface area contributed by atoms with Gasteiger partial charge >= 0.3 is 5.69 Å². The SMILES string of the molecule is Cc1ccc(OCC(=O)N/N=C\c2cc(Br)ccc2O)c([N+](=O)[O-])c1. The number of phenols is 1. The zero-order valence-electron chi connectivity index (χ0n) is 13.1. The van der Waals surface area contributed by atoms with Gasteiger partial charge in [-0.3, -0.25) is 14.9 Å². The molecule has 25 heavy (non-hydrogen) atoms. The number of nitro benzene ring substituents is 1. The zero-order chi connectivity index (χ0) is 18.4. The first-order valence-electron chi connectivity index (χ1n) is 7.05. The van der Waals surface area contributed by atoms with E-state index in [2.05, 4.69) is 26.5 Å². The molecule has 2 aromatic rings. The molecule has 2 aromatic carbocycles. The van der Waals surface area contributed by atoms with E-state index in [9.17, 15) is 20.0 Å². The number of aromatic hydroxyl groups is 1. The van der Waals surface area contributed by atoms with Gasteiger partial charge in [0.05, 0.1) is 11.1 Å². The van der Waals surface area contributed by atoms with Gasteiger partial charge in [0, 0.05) is 16.1 Å². The molecular formula is C16H14BrN3O5. The number of carbonyl (C=O) groups is 1. The monoisotopic (exact) mass is 407 g/mol. The van der Waals surface area contributed by atoms with Gasteiger partial charge in [-0.15, -0.1) is 0 Å². The van der Waals surface area contributed by atoms with Crippen LogP contribution in [-0.2, 0) is 4.79 Å². The maximum atomic E-state index is 11.7. The van der Waals surface area contributed by atoms with Gasteiger partial charge in [0.2, 0.25) is 0 Å². The van der Waals surface area contributed by atoms with Gasteiger partial charge in [0.25, 0.3) is 5.91 Å². The van der Waals surface area contributed by atoms with Crippen molar-refractivity contribution in [3.05, 3.63) is 62.1 Å². The Morgan fingerprint density at radius 1 is 1.40 bits per heavy atom. The summed E-state index contributed by atoms with van der Waals surface area (Å²) in [5, 5.41) is 24.3. The molecule has 0 radical (unpaired) electrons. The van der Waals surface area contributed by atoms with Crippen LogP contribution < -0.4 is 10.2 Å². The highest BCUT2D eigenvalue weighted by Crippen LogP contribution is 2.27. The number of rotatable bonds is 6. The van der Waals surface area contributed by atoms with E-state index in [0.717, 1.165) is 4.47 Å². The predicted octanol–water partition coefficient (Wildman–Crippen LogP) is 2.90. The number of hydrogen-bond donors (Lipinski definition) is 2. The molecule has 0 atom stereocenters. The molecule has 0 heterocycles. The first-order chi connectivity index (χ1) is 11.9. The summed E-state index contributed by atoms with van der Waals surface area (Å²) < 4.78 is 5.92. The average Bonchev–Trinajstić information content (AvgIpc) is 2.56. The fraction of sp³-hybridized carbons (Fsp3) is 0.125. The van der Waals surface area contributed by atoms with Crippen LogP contribution in [0.5, 0.6) is 11.5 Å². The van der Waals surface area contributed by atoms with Crippen LogP contribution >= 0.6 is 15.9 Å².